The summed E-state index contributed by atoms with van der Waals surface area (Å²) in [5.41, 5.74) is 8.20. The van der Waals surface area contributed by atoms with E-state index in [1.54, 1.807) is 6.07 Å². The van der Waals surface area contributed by atoms with Crippen molar-refractivity contribution >= 4 is 10.9 Å². The number of hydrogen-bond acceptors (Lipinski definition) is 3. The Morgan fingerprint density at radius 1 is 0.969 bits per heavy atom. The van der Waals surface area contributed by atoms with Crippen molar-refractivity contribution in [2.24, 2.45) is 0 Å². The molecule has 0 fully saturated rings. The Balaban J connectivity index is 1.44. The molecule has 5 heteroatoms. The van der Waals surface area contributed by atoms with E-state index in [4.69, 9.17) is 0 Å². The van der Waals surface area contributed by atoms with Crippen LogP contribution in [0.5, 0.6) is 5.75 Å². The van der Waals surface area contributed by atoms with Crippen LogP contribution in [0.1, 0.15) is 28.4 Å². The summed E-state index contributed by atoms with van der Waals surface area (Å²) in [6.45, 7) is 1.68. The fourth-order valence-corrected chi connectivity index (χ4v) is 5.04. The second-order valence-corrected chi connectivity index (χ2v) is 8.42. The first-order valence-corrected chi connectivity index (χ1v) is 11.0. The lowest BCUT2D eigenvalue weighted by atomic mass is 9.91. The number of benzene rings is 3. The predicted molar refractivity (Wildman–Crippen MR) is 126 cm³/mol. The van der Waals surface area contributed by atoms with Crippen LogP contribution in [0.3, 0.4) is 0 Å². The fraction of sp³-hybridized carbons (Fsp3) is 0.148. The second kappa shape index (κ2) is 7.70. The fourth-order valence-electron chi connectivity index (χ4n) is 5.04. The molecule has 0 radical (unpaired) electrons. The minimum absolute atomic E-state index is 0.0248. The van der Waals surface area contributed by atoms with Gasteiger partial charge < -0.3 is 10.1 Å². The van der Waals surface area contributed by atoms with Gasteiger partial charge in [0.15, 0.2) is 0 Å². The van der Waals surface area contributed by atoms with E-state index in [2.05, 4.69) is 62.5 Å². The topological polar surface area (TPSA) is 67.9 Å². The summed E-state index contributed by atoms with van der Waals surface area (Å²) in [4.78, 5) is 6.17. The molecular formula is C27H24N4O. The Hall–Kier alpha value is -3.83. The smallest absolute Gasteiger partial charge is 0.115 e. The van der Waals surface area contributed by atoms with E-state index in [1.807, 2.05) is 36.5 Å². The van der Waals surface area contributed by atoms with Gasteiger partial charge in [-0.1, -0.05) is 60.7 Å². The van der Waals surface area contributed by atoms with Crippen LogP contribution in [0, 0.1) is 0 Å². The van der Waals surface area contributed by atoms with Crippen LogP contribution in [-0.4, -0.2) is 31.7 Å². The average molecular weight is 421 g/mol. The number of hydrogen-bond donors (Lipinski definition) is 3. The van der Waals surface area contributed by atoms with Crippen LogP contribution in [0.25, 0.3) is 22.2 Å². The Labute approximate surface area is 186 Å². The van der Waals surface area contributed by atoms with Gasteiger partial charge >= 0.3 is 0 Å². The van der Waals surface area contributed by atoms with Crippen LogP contribution >= 0.6 is 0 Å². The van der Waals surface area contributed by atoms with Gasteiger partial charge in [0, 0.05) is 35.2 Å². The molecule has 5 nitrogen and oxygen atoms in total. The van der Waals surface area contributed by atoms with Gasteiger partial charge in [0.25, 0.3) is 0 Å². The number of rotatable bonds is 4. The van der Waals surface area contributed by atoms with Crippen molar-refractivity contribution in [2.45, 2.75) is 19.0 Å². The number of nitrogens with one attached hydrogen (secondary N) is 2. The normalized spacial score (nSPS) is 16.3. The number of aromatic nitrogens is 3. The molecule has 1 aliphatic rings. The first-order chi connectivity index (χ1) is 15.8. The highest BCUT2D eigenvalue weighted by Gasteiger charge is 2.32. The SMILES string of the molecule is Oc1cccc(C2c3[nH]c4ccccc4c3CCN2Cc2cn[nH]c2-c2ccccc2)c1. The van der Waals surface area contributed by atoms with Crippen molar-refractivity contribution in [3.8, 4) is 17.0 Å². The third-order valence-electron chi connectivity index (χ3n) is 6.47. The Bertz CT molecular complexity index is 1390. The molecule has 0 aliphatic carbocycles. The second-order valence-electron chi connectivity index (χ2n) is 8.42. The molecule has 5 aromatic rings. The lowest BCUT2D eigenvalue weighted by Crippen LogP contribution is -2.35. The van der Waals surface area contributed by atoms with Gasteiger partial charge in [-0.3, -0.25) is 10.00 Å². The Morgan fingerprint density at radius 2 is 1.81 bits per heavy atom. The summed E-state index contributed by atoms with van der Waals surface area (Å²) in [5.74, 6) is 0.291. The average Bonchev–Trinajstić information content (AvgIpc) is 3.44. The number of nitrogens with zero attached hydrogens (tertiary/aromatic N) is 2. The number of aromatic amines is 2. The zero-order valence-corrected chi connectivity index (χ0v) is 17.6. The quantitative estimate of drug-likeness (QED) is 0.364. The molecule has 6 rings (SSSR count). The minimum Gasteiger partial charge on any atom is -0.508 e. The summed E-state index contributed by atoms with van der Waals surface area (Å²) >= 11 is 0. The molecule has 3 N–H and O–H groups in total. The van der Waals surface area contributed by atoms with Gasteiger partial charge in [0.1, 0.15) is 5.75 Å². The van der Waals surface area contributed by atoms with Gasteiger partial charge in [-0.05, 0) is 41.3 Å². The molecule has 0 amide bonds. The zero-order valence-electron chi connectivity index (χ0n) is 17.6. The monoisotopic (exact) mass is 420 g/mol. The van der Waals surface area contributed by atoms with E-state index in [0.29, 0.717) is 5.75 Å². The van der Waals surface area contributed by atoms with Crippen molar-refractivity contribution < 1.29 is 5.11 Å². The first kappa shape index (κ1) is 18.9. The van der Waals surface area contributed by atoms with Crippen LogP contribution in [0.2, 0.25) is 0 Å². The highest BCUT2D eigenvalue weighted by molar-refractivity contribution is 5.85. The maximum Gasteiger partial charge on any atom is 0.115 e. The van der Waals surface area contributed by atoms with Gasteiger partial charge in [0.05, 0.1) is 17.9 Å². The van der Waals surface area contributed by atoms with Gasteiger partial charge in [-0.25, -0.2) is 0 Å². The van der Waals surface area contributed by atoms with Gasteiger partial charge in [0.2, 0.25) is 0 Å². The molecule has 0 saturated heterocycles. The van der Waals surface area contributed by atoms with Crippen LogP contribution < -0.4 is 0 Å². The van der Waals surface area contributed by atoms with Crippen molar-refractivity contribution in [1.29, 1.82) is 0 Å². The van der Waals surface area contributed by atoms with Gasteiger partial charge in [-0.15, -0.1) is 0 Å². The van der Waals surface area contributed by atoms with Crippen LogP contribution in [0.4, 0.5) is 0 Å². The first-order valence-electron chi connectivity index (χ1n) is 11.0. The van der Waals surface area contributed by atoms with E-state index in [9.17, 15) is 5.11 Å². The molecule has 2 aromatic heterocycles. The van der Waals surface area contributed by atoms with Crippen molar-refractivity contribution in [3.05, 3.63) is 107 Å². The molecular weight excluding hydrogens is 396 g/mol. The van der Waals surface area contributed by atoms with Crippen LogP contribution in [-0.2, 0) is 13.0 Å². The maximum atomic E-state index is 10.2. The summed E-state index contributed by atoms with van der Waals surface area (Å²) in [7, 11) is 0. The number of phenolic OH excluding ortho intramolecular Hbond substituents is 1. The number of fused-ring (bicyclic) bond motifs is 3. The third-order valence-corrected chi connectivity index (χ3v) is 6.47. The Morgan fingerprint density at radius 3 is 2.69 bits per heavy atom. The highest BCUT2D eigenvalue weighted by Crippen LogP contribution is 2.40. The molecule has 0 saturated carbocycles. The summed E-state index contributed by atoms with van der Waals surface area (Å²) in [6.07, 6.45) is 2.91. The third kappa shape index (κ3) is 3.18. The highest BCUT2D eigenvalue weighted by atomic mass is 16.3. The van der Waals surface area contributed by atoms with E-state index >= 15 is 0 Å². The molecule has 32 heavy (non-hydrogen) atoms. The van der Waals surface area contributed by atoms with Crippen molar-refractivity contribution in [1.82, 2.24) is 20.1 Å². The predicted octanol–water partition coefficient (Wildman–Crippen LogP) is 5.41. The Kier molecular flexibility index (Phi) is 4.55. The van der Waals surface area contributed by atoms with E-state index in [0.717, 1.165) is 41.8 Å². The van der Waals surface area contributed by atoms with E-state index < -0.39 is 0 Å². The maximum absolute atomic E-state index is 10.2. The summed E-state index contributed by atoms with van der Waals surface area (Å²) in [6, 6.07) is 26.5. The number of H-pyrrole nitrogens is 2. The van der Waals surface area contributed by atoms with E-state index in [-0.39, 0.29) is 6.04 Å². The largest absolute Gasteiger partial charge is 0.508 e. The molecule has 1 atom stereocenters. The van der Waals surface area contributed by atoms with E-state index in [1.165, 1.54) is 22.2 Å². The van der Waals surface area contributed by atoms with Crippen LogP contribution in [0.15, 0.2) is 85.1 Å². The van der Waals surface area contributed by atoms with Crippen molar-refractivity contribution in [2.75, 3.05) is 6.54 Å². The molecule has 1 aliphatic heterocycles. The summed E-state index contributed by atoms with van der Waals surface area (Å²) < 4.78 is 0. The lowest BCUT2D eigenvalue weighted by Gasteiger charge is -2.36. The standard InChI is InChI=1S/C27H24N4O/c32-21-10-6-9-19(15-21)27-26-23(22-11-4-5-12-24(22)29-26)13-14-31(27)17-20-16-28-30-25(20)18-7-2-1-3-8-18/h1-12,15-16,27,29,32H,13-14,17H2,(H,28,30). The number of aromatic hydroxyl groups is 1. The van der Waals surface area contributed by atoms with Gasteiger partial charge in [-0.2, -0.15) is 5.10 Å². The molecule has 0 spiro atoms. The molecule has 3 aromatic carbocycles. The lowest BCUT2D eigenvalue weighted by molar-refractivity contribution is 0.202. The molecule has 3 heterocycles. The molecule has 1 unspecified atom stereocenters. The zero-order chi connectivity index (χ0) is 21.5. The molecule has 158 valence electrons. The number of phenols is 1. The molecule has 0 bridgehead atoms. The summed E-state index contributed by atoms with van der Waals surface area (Å²) in [5, 5.41) is 19.1. The van der Waals surface area contributed by atoms with Crippen molar-refractivity contribution in [3.63, 3.8) is 0 Å². The number of para-hydroxylation sites is 1. The minimum atomic E-state index is 0.0248.